The summed E-state index contributed by atoms with van der Waals surface area (Å²) in [6, 6.07) is 8.67. The molecule has 140 valence electrons. The van der Waals surface area contributed by atoms with Gasteiger partial charge in [-0.2, -0.15) is 0 Å². The van der Waals surface area contributed by atoms with Crippen LogP contribution >= 0.6 is 22.9 Å². The molecule has 0 unspecified atom stereocenters. The highest BCUT2D eigenvalue weighted by atomic mass is 35.5. The predicted molar refractivity (Wildman–Crippen MR) is 101 cm³/mol. The Morgan fingerprint density at radius 3 is 2.74 bits per heavy atom. The van der Waals surface area contributed by atoms with E-state index >= 15 is 0 Å². The van der Waals surface area contributed by atoms with Gasteiger partial charge >= 0.3 is 0 Å². The molecule has 2 aromatic heterocycles. The third-order valence-corrected chi connectivity index (χ3v) is 7.18. The minimum atomic E-state index is -3.85. The molecule has 1 amide bonds. The molecular formula is C17H13ClFN3O3S2. The minimum absolute atomic E-state index is 0.00581. The van der Waals surface area contributed by atoms with Gasteiger partial charge in [0.05, 0.1) is 11.4 Å². The van der Waals surface area contributed by atoms with Crippen molar-refractivity contribution in [2.24, 2.45) is 0 Å². The highest BCUT2D eigenvalue weighted by molar-refractivity contribution is 7.92. The highest BCUT2D eigenvalue weighted by Crippen LogP contribution is 2.30. The highest BCUT2D eigenvalue weighted by Gasteiger charge is 2.24. The van der Waals surface area contributed by atoms with E-state index in [4.69, 9.17) is 11.6 Å². The second-order valence-corrected chi connectivity index (χ2v) is 9.18. The van der Waals surface area contributed by atoms with Crippen molar-refractivity contribution in [3.63, 3.8) is 0 Å². The van der Waals surface area contributed by atoms with E-state index in [0.717, 1.165) is 17.4 Å². The predicted octanol–water partition coefficient (Wildman–Crippen LogP) is 3.87. The molecule has 27 heavy (non-hydrogen) atoms. The maximum atomic E-state index is 13.9. The van der Waals surface area contributed by atoms with Crippen LogP contribution < -0.4 is 5.32 Å². The number of rotatable bonds is 5. The average Bonchev–Trinajstić information content (AvgIpc) is 2.99. The van der Waals surface area contributed by atoms with Crippen molar-refractivity contribution in [2.75, 3.05) is 5.32 Å². The van der Waals surface area contributed by atoms with Crippen molar-refractivity contribution in [1.29, 1.82) is 0 Å². The smallest absolute Gasteiger partial charge is 0.276 e. The van der Waals surface area contributed by atoms with Gasteiger partial charge in [0.2, 0.25) is 0 Å². The zero-order chi connectivity index (χ0) is 19.6. The summed E-state index contributed by atoms with van der Waals surface area (Å²) in [5.74, 6) is -1.74. The lowest BCUT2D eigenvalue weighted by molar-refractivity contribution is 0.102. The van der Waals surface area contributed by atoms with Crippen molar-refractivity contribution in [1.82, 2.24) is 9.97 Å². The fraction of sp³-hybridized carbons (Fsp3) is 0.118. The Balaban J connectivity index is 1.83. The number of hydrogen-bond donors (Lipinski definition) is 1. The summed E-state index contributed by atoms with van der Waals surface area (Å²) in [4.78, 5) is 20.1. The van der Waals surface area contributed by atoms with Crippen LogP contribution in [0.15, 0.2) is 46.8 Å². The number of benzene rings is 1. The van der Waals surface area contributed by atoms with Gasteiger partial charge in [-0.3, -0.25) is 15.1 Å². The summed E-state index contributed by atoms with van der Waals surface area (Å²) >= 11 is 6.50. The first-order valence-corrected chi connectivity index (χ1v) is 10.5. The molecule has 2 heterocycles. The van der Waals surface area contributed by atoms with Gasteiger partial charge in [-0.25, -0.2) is 17.8 Å². The molecule has 0 saturated heterocycles. The molecule has 0 radical (unpaired) electrons. The molecule has 0 aliphatic rings. The van der Waals surface area contributed by atoms with Crippen molar-refractivity contribution in [3.8, 4) is 0 Å². The number of pyridine rings is 1. The lowest BCUT2D eigenvalue weighted by Crippen LogP contribution is -2.13. The summed E-state index contributed by atoms with van der Waals surface area (Å²) < 4.78 is 39.3. The number of sulfone groups is 1. The summed E-state index contributed by atoms with van der Waals surface area (Å²) in [5.41, 5.74) is 0.412. The van der Waals surface area contributed by atoms with Crippen LogP contribution in [0.2, 0.25) is 5.02 Å². The van der Waals surface area contributed by atoms with E-state index in [9.17, 15) is 17.6 Å². The third kappa shape index (κ3) is 4.49. The Kier molecular flexibility index (Phi) is 5.54. The number of carbonyl (C=O) groups excluding carboxylic acids is 1. The molecule has 0 bridgehead atoms. The van der Waals surface area contributed by atoms with Gasteiger partial charge in [0.1, 0.15) is 15.7 Å². The fourth-order valence-corrected chi connectivity index (χ4v) is 5.34. The zero-order valence-corrected chi connectivity index (χ0v) is 16.3. The summed E-state index contributed by atoms with van der Waals surface area (Å²) in [5, 5.41) is 2.83. The number of aryl methyl sites for hydroxylation is 1. The fourth-order valence-electron chi connectivity index (χ4n) is 2.29. The van der Waals surface area contributed by atoms with E-state index < -0.39 is 27.3 Å². The number of halogens is 2. The summed E-state index contributed by atoms with van der Waals surface area (Å²) in [6.45, 7) is 1.51. The first-order chi connectivity index (χ1) is 12.8. The van der Waals surface area contributed by atoms with Crippen LogP contribution in [0.25, 0.3) is 0 Å². The quantitative estimate of drug-likeness (QED) is 0.670. The number of amides is 1. The topological polar surface area (TPSA) is 89.0 Å². The zero-order valence-electron chi connectivity index (χ0n) is 13.9. The van der Waals surface area contributed by atoms with Crippen LogP contribution in [-0.4, -0.2) is 24.3 Å². The van der Waals surface area contributed by atoms with Gasteiger partial charge in [-0.15, -0.1) is 0 Å². The largest absolute Gasteiger partial charge is 0.296 e. The molecule has 0 aliphatic heterocycles. The number of nitrogens with zero attached hydrogens (tertiary/aromatic N) is 2. The molecule has 10 heteroatoms. The van der Waals surface area contributed by atoms with E-state index in [0.29, 0.717) is 0 Å². The lowest BCUT2D eigenvalue weighted by Gasteiger charge is -2.05. The Morgan fingerprint density at radius 1 is 1.30 bits per heavy atom. The van der Waals surface area contributed by atoms with Gasteiger partial charge in [0.25, 0.3) is 5.91 Å². The second-order valence-electron chi connectivity index (χ2n) is 5.56. The lowest BCUT2D eigenvalue weighted by atomic mass is 10.2. The van der Waals surface area contributed by atoms with Crippen LogP contribution in [0.4, 0.5) is 9.52 Å². The van der Waals surface area contributed by atoms with Crippen LogP contribution in [0.1, 0.15) is 21.7 Å². The molecule has 3 aromatic rings. The SMILES string of the molecule is Cc1nc(NC(=O)c2ccccn2)sc1S(=O)(=O)Cc1ccc(Cl)cc1F. The summed E-state index contributed by atoms with van der Waals surface area (Å²) in [6.07, 6.45) is 1.47. The Hall–Kier alpha value is -2.36. The molecule has 0 aliphatic carbocycles. The first-order valence-electron chi connectivity index (χ1n) is 7.63. The average molecular weight is 426 g/mol. The molecule has 1 N–H and O–H groups in total. The maximum Gasteiger partial charge on any atom is 0.276 e. The number of nitrogens with one attached hydrogen (secondary N) is 1. The molecule has 6 nitrogen and oxygen atoms in total. The Bertz CT molecular complexity index is 1100. The maximum absolute atomic E-state index is 13.9. The number of hydrogen-bond acceptors (Lipinski definition) is 6. The molecule has 1 aromatic carbocycles. The molecule has 0 atom stereocenters. The molecule has 0 fully saturated rings. The van der Waals surface area contributed by atoms with Gasteiger partial charge < -0.3 is 0 Å². The number of anilines is 1. The van der Waals surface area contributed by atoms with Crippen molar-refractivity contribution >= 4 is 43.8 Å². The van der Waals surface area contributed by atoms with E-state index in [2.05, 4.69) is 15.3 Å². The third-order valence-electron chi connectivity index (χ3n) is 3.52. The van der Waals surface area contributed by atoms with E-state index in [1.165, 1.54) is 31.3 Å². The Morgan fingerprint density at radius 2 is 2.07 bits per heavy atom. The number of carbonyl (C=O) groups is 1. The van der Waals surface area contributed by atoms with E-state index in [1.54, 1.807) is 12.1 Å². The number of thiazole rings is 1. The van der Waals surface area contributed by atoms with Crippen LogP contribution in [0.5, 0.6) is 0 Å². The molecule has 0 saturated carbocycles. The van der Waals surface area contributed by atoms with Crippen LogP contribution in [0.3, 0.4) is 0 Å². The minimum Gasteiger partial charge on any atom is -0.296 e. The first kappa shape index (κ1) is 19.4. The van der Waals surface area contributed by atoms with Crippen molar-refractivity contribution in [3.05, 3.63) is 70.4 Å². The molecule has 0 spiro atoms. The van der Waals surface area contributed by atoms with Gasteiger partial charge in [0, 0.05) is 16.8 Å². The second kappa shape index (κ2) is 7.71. The van der Waals surface area contributed by atoms with E-state index in [-0.39, 0.29) is 31.3 Å². The van der Waals surface area contributed by atoms with Gasteiger partial charge in [-0.05, 0) is 31.2 Å². The van der Waals surface area contributed by atoms with E-state index in [1.807, 2.05) is 0 Å². The van der Waals surface area contributed by atoms with Crippen LogP contribution in [-0.2, 0) is 15.6 Å². The van der Waals surface area contributed by atoms with Crippen LogP contribution in [0, 0.1) is 12.7 Å². The van der Waals surface area contributed by atoms with Crippen molar-refractivity contribution in [2.45, 2.75) is 16.9 Å². The standard InChI is InChI=1S/C17H13ClFN3O3S2/c1-10-16(27(24,25)9-11-5-6-12(18)8-13(11)19)26-17(21-10)22-15(23)14-4-2-3-7-20-14/h2-8H,9H2,1H3,(H,21,22,23). The summed E-state index contributed by atoms with van der Waals surface area (Å²) in [7, 11) is -3.85. The molecular weight excluding hydrogens is 413 g/mol. The Labute approximate surface area is 164 Å². The van der Waals surface area contributed by atoms with Gasteiger partial charge in [-0.1, -0.05) is 35.1 Å². The normalized spacial score (nSPS) is 11.4. The monoisotopic (exact) mass is 425 g/mol. The van der Waals surface area contributed by atoms with Crippen molar-refractivity contribution < 1.29 is 17.6 Å². The molecule has 3 rings (SSSR count). The number of aromatic nitrogens is 2. The van der Waals surface area contributed by atoms with Gasteiger partial charge in [0.15, 0.2) is 15.0 Å².